The molecule has 2 unspecified atom stereocenters. The molecule has 0 spiro atoms. The highest BCUT2D eigenvalue weighted by Crippen LogP contribution is 2.16. The molecule has 1 aliphatic heterocycles. The maximum Gasteiger partial charge on any atom is 0.315 e. The Labute approximate surface area is 130 Å². The van der Waals surface area contributed by atoms with Crippen molar-refractivity contribution in [1.29, 1.82) is 0 Å². The van der Waals surface area contributed by atoms with E-state index >= 15 is 0 Å². The minimum absolute atomic E-state index is 0.0271. The molecule has 2 N–H and O–H groups in total. The molecule has 1 saturated heterocycles. The molecule has 0 radical (unpaired) electrons. The largest absolute Gasteiger partial charge is 0.335 e. The lowest BCUT2D eigenvalue weighted by molar-refractivity contribution is 0.235. The number of sulfone groups is 1. The van der Waals surface area contributed by atoms with Crippen molar-refractivity contribution in [2.24, 2.45) is 0 Å². The van der Waals surface area contributed by atoms with Crippen LogP contribution in [0.4, 0.5) is 4.79 Å². The van der Waals surface area contributed by atoms with Crippen LogP contribution < -0.4 is 10.6 Å². The lowest BCUT2D eigenvalue weighted by Crippen LogP contribution is -2.46. The van der Waals surface area contributed by atoms with Gasteiger partial charge >= 0.3 is 6.03 Å². The number of hydrogen-bond donors (Lipinski definition) is 2. The third kappa shape index (κ3) is 4.89. The average Bonchev–Trinajstić information content (AvgIpc) is 2.71. The molecule has 1 aromatic carbocycles. The van der Waals surface area contributed by atoms with E-state index < -0.39 is 9.84 Å². The molecule has 0 saturated carbocycles. The van der Waals surface area contributed by atoms with Crippen LogP contribution >= 0.6 is 11.6 Å². The summed E-state index contributed by atoms with van der Waals surface area (Å²) in [7, 11) is -2.98. The van der Waals surface area contributed by atoms with Gasteiger partial charge in [-0.15, -0.1) is 0 Å². The van der Waals surface area contributed by atoms with Gasteiger partial charge in [-0.3, -0.25) is 0 Å². The third-order valence-electron chi connectivity index (χ3n) is 3.43. The molecule has 2 rings (SSSR count). The molecular formula is C14H19ClN2O3S. The first-order chi connectivity index (χ1) is 9.85. The first-order valence-corrected chi connectivity index (χ1v) is 9.06. The standard InChI is InChI=1S/C14H19ClN2O3S/c1-10(8-11-4-2-3-5-13(11)15)16-14(18)17-12-6-7-21(19,20)9-12/h2-5,10,12H,6-9H2,1H3,(H2,16,17,18). The van der Waals surface area contributed by atoms with E-state index in [1.54, 1.807) is 0 Å². The maximum absolute atomic E-state index is 11.8. The molecular weight excluding hydrogens is 312 g/mol. The van der Waals surface area contributed by atoms with Gasteiger partial charge in [0.25, 0.3) is 0 Å². The number of amides is 2. The van der Waals surface area contributed by atoms with E-state index in [2.05, 4.69) is 10.6 Å². The number of urea groups is 1. The molecule has 7 heteroatoms. The van der Waals surface area contributed by atoms with Gasteiger partial charge in [0.15, 0.2) is 9.84 Å². The van der Waals surface area contributed by atoms with Crippen molar-refractivity contribution in [2.75, 3.05) is 11.5 Å². The summed E-state index contributed by atoms with van der Waals surface area (Å²) in [5.74, 6) is 0.173. The minimum atomic E-state index is -2.98. The summed E-state index contributed by atoms with van der Waals surface area (Å²) in [4.78, 5) is 11.8. The summed E-state index contributed by atoms with van der Waals surface area (Å²) in [6, 6.07) is 6.77. The smallest absolute Gasteiger partial charge is 0.315 e. The Hall–Kier alpha value is -1.27. The monoisotopic (exact) mass is 330 g/mol. The zero-order chi connectivity index (χ0) is 15.5. The van der Waals surface area contributed by atoms with Crippen LogP contribution in [0.1, 0.15) is 18.9 Å². The molecule has 2 amide bonds. The molecule has 1 heterocycles. The molecule has 1 fully saturated rings. The summed E-state index contributed by atoms with van der Waals surface area (Å²) in [6.07, 6.45) is 1.10. The third-order valence-corrected chi connectivity index (χ3v) is 5.57. The highest BCUT2D eigenvalue weighted by Gasteiger charge is 2.29. The summed E-state index contributed by atoms with van der Waals surface area (Å²) in [6.45, 7) is 1.88. The van der Waals surface area contributed by atoms with Crippen LogP contribution in [0.25, 0.3) is 0 Å². The predicted octanol–water partition coefficient (Wildman–Crippen LogP) is 1.76. The van der Waals surface area contributed by atoms with Crippen molar-refractivity contribution in [1.82, 2.24) is 10.6 Å². The fraction of sp³-hybridized carbons (Fsp3) is 0.500. The number of nitrogens with one attached hydrogen (secondary N) is 2. The normalized spacial score (nSPS) is 21.7. The summed E-state index contributed by atoms with van der Waals surface area (Å²) in [5.41, 5.74) is 0.968. The fourth-order valence-electron chi connectivity index (χ4n) is 2.40. The van der Waals surface area contributed by atoms with Gasteiger partial charge < -0.3 is 10.6 Å². The molecule has 2 atom stereocenters. The lowest BCUT2D eigenvalue weighted by atomic mass is 10.1. The molecule has 5 nitrogen and oxygen atoms in total. The van der Waals surface area contributed by atoms with Crippen molar-refractivity contribution in [3.8, 4) is 0 Å². The van der Waals surface area contributed by atoms with E-state index in [1.807, 2.05) is 31.2 Å². The van der Waals surface area contributed by atoms with E-state index in [9.17, 15) is 13.2 Å². The van der Waals surface area contributed by atoms with E-state index in [-0.39, 0.29) is 29.6 Å². The molecule has 116 valence electrons. The maximum atomic E-state index is 11.8. The molecule has 1 aliphatic rings. The SMILES string of the molecule is CC(Cc1ccccc1Cl)NC(=O)NC1CCS(=O)(=O)C1. The van der Waals surface area contributed by atoms with Gasteiger partial charge in [0.05, 0.1) is 11.5 Å². The Morgan fingerprint density at radius 3 is 2.76 bits per heavy atom. The van der Waals surface area contributed by atoms with Crippen molar-refractivity contribution in [3.63, 3.8) is 0 Å². The van der Waals surface area contributed by atoms with Gasteiger partial charge in [-0.25, -0.2) is 13.2 Å². The van der Waals surface area contributed by atoms with Crippen LogP contribution in [0, 0.1) is 0 Å². The second kappa shape index (κ2) is 6.66. The van der Waals surface area contributed by atoms with Gasteiger partial charge in [0.1, 0.15) is 0 Å². The second-order valence-corrected chi connectivity index (χ2v) is 8.05. The molecule has 0 aromatic heterocycles. The molecule has 21 heavy (non-hydrogen) atoms. The summed E-state index contributed by atoms with van der Waals surface area (Å²) < 4.78 is 22.7. The predicted molar refractivity (Wildman–Crippen MR) is 83.3 cm³/mol. The highest BCUT2D eigenvalue weighted by molar-refractivity contribution is 7.91. The number of rotatable bonds is 4. The Balaban J connectivity index is 1.81. The average molecular weight is 331 g/mol. The second-order valence-electron chi connectivity index (χ2n) is 5.41. The quantitative estimate of drug-likeness (QED) is 0.883. The van der Waals surface area contributed by atoms with Gasteiger partial charge in [-0.1, -0.05) is 29.8 Å². The van der Waals surface area contributed by atoms with Crippen molar-refractivity contribution >= 4 is 27.5 Å². The van der Waals surface area contributed by atoms with E-state index in [1.165, 1.54) is 0 Å². The van der Waals surface area contributed by atoms with Gasteiger partial charge in [-0.2, -0.15) is 0 Å². The number of hydrogen-bond acceptors (Lipinski definition) is 3. The lowest BCUT2D eigenvalue weighted by Gasteiger charge is -2.17. The topological polar surface area (TPSA) is 75.3 Å². The summed E-state index contributed by atoms with van der Waals surface area (Å²) >= 11 is 6.08. The number of halogens is 1. The van der Waals surface area contributed by atoms with Gasteiger partial charge in [0.2, 0.25) is 0 Å². The minimum Gasteiger partial charge on any atom is -0.335 e. The fourth-order valence-corrected chi connectivity index (χ4v) is 4.29. The zero-order valence-corrected chi connectivity index (χ0v) is 13.4. The van der Waals surface area contributed by atoms with Crippen LogP contribution in [-0.2, 0) is 16.3 Å². The van der Waals surface area contributed by atoms with Gasteiger partial charge in [-0.05, 0) is 31.4 Å². The zero-order valence-electron chi connectivity index (χ0n) is 11.8. The number of carbonyl (C=O) groups is 1. The van der Waals surface area contributed by atoms with E-state index in [0.717, 1.165) is 5.56 Å². The van der Waals surface area contributed by atoms with E-state index in [0.29, 0.717) is 17.9 Å². The Bertz CT molecular complexity index is 618. The highest BCUT2D eigenvalue weighted by atomic mass is 35.5. The van der Waals surface area contributed by atoms with Crippen LogP contribution in [-0.4, -0.2) is 38.0 Å². The van der Waals surface area contributed by atoms with Crippen LogP contribution in [0.3, 0.4) is 0 Å². The van der Waals surface area contributed by atoms with Crippen LogP contribution in [0.5, 0.6) is 0 Å². The Morgan fingerprint density at radius 1 is 1.43 bits per heavy atom. The number of carbonyl (C=O) groups excluding carboxylic acids is 1. The summed E-state index contributed by atoms with van der Waals surface area (Å²) in [5, 5.41) is 6.18. The molecule has 1 aromatic rings. The van der Waals surface area contributed by atoms with Crippen LogP contribution in [0.2, 0.25) is 5.02 Å². The Morgan fingerprint density at radius 2 is 2.14 bits per heavy atom. The van der Waals surface area contributed by atoms with Crippen molar-refractivity contribution in [3.05, 3.63) is 34.9 Å². The first kappa shape index (κ1) is 16.1. The van der Waals surface area contributed by atoms with E-state index in [4.69, 9.17) is 11.6 Å². The molecule has 0 aliphatic carbocycles. The Kier molecular flexibility index (Phi) is 5.11. The van der Waals surface area contributed by atoms with Crippen molar-refractivity contribution < 1.29 is 13.2 Å². The number of benzene rings is 1. The van der Waals surface area contributed by atoms with Gasteiger partial charge in [0, 0.05) is 17.1 Å². The molecule has 0 bridgehead atoms. The van der Waals surface area contributed by atoms with Crippen molar-refractivity contribution in [2.45, 2.75) is 31.8 Å². The first-order valence-electron chi connectivity index (χ1n) is 6.86. The van der Waals surface area contributed by atoms with Crippen LogP contribution in [0.15, 0.2) is 24.3 Å².